The number of hydrogen-bond acceptors (Lipinski definition) is 6. The topological polar surface area (TPSA) is 99.4 Å². The van der Waals surface area contributed by atoms with Gasteiger partial charge in [-0.2, -0.15) is 0 Å². The molecule has 3 aromatic carbocycles. The number of Topliss-reactive ketones (excluding diaryl/α,β-unsaturated/α-hetero) is 1. The summed E-state index contributed by atoms with van der Waals surface area (Å²) in [5.41, 5.74) is 2.67. The molecule has 0 aliphatic rings. The number of aryl methyl sites for hydroxylation is 1. The van der Waals surface area contributed by atoms with Gasteiger partial charge in [0.25, 0.3) is 5.69 Å². The molecule has 0 fully saturated rings. The highest BCUT2D eigenvalue weighted by Gasteiger charge is 2.20. The Balaban J connectivity index is 1.64. The van der Waals surface area contributed by atoms with Crippen molar-refractivity contribution in [2.24, 2.45) is 0 Å². The zero-order valence-corrected chi connectivity index (χ0v) is 19.3. The summed E-state index contributed by atoms with van der Waals surface area (Å²) in [5, 5.41) is 12.1. The quantitative estimate of drug-likeness (QED) is 0.132. The Hall–Kier alpha value is -3.81. The minimum atomic E-state index is -0.718. The maximum Gasteiger partial charge on any atom is 0.339 e. The van der Waals surface area contributed by atoms with Gasteiger partial charge >= 0.3 is 5.97 Å². The zero-order chi connectivity index (χ0) is 24.4. The SMILES string of the molecule is Cc1ccc2nc(-c3ccc(Cl)cc3)cc(C(=O)OCC(=O)c3ccc(Cl)c([N+](=O)[O-])c3)c2c1. The van der Waals surface area contributed by atoms with E-state index in [4.69, 9.17) is 27.9 Å². The number of aromatic nitrogens is 1. The first-order chi connectivity index (χ1) is 16.2. The summed E-state index contributed by atoms with van der Waals surface area (Å²) in [7, 11) is 0. The van der Waals surface area contributed by atoms with Crippen LogP contribution in [0.3, 0.4) is 0 Å². The number of nitrogens with zero attached hydrogens (tertiary/aromatic N) is 2. The number of esters is 1. The van der Waals surface area contributed by atoms with Crippen LogP contribution in [0.5, 0.6) is 0 Å². The van der Waals surface area contributed by atoms with Gasteiger partial charge in [-0.05, 0) is 49.4 Å². The van der Waals surface area contributed by atoms with Crippen molar-refractivity contribution in [2.45, 2.75) is 6.92 Å². The van der Waals surface area contributed by atoms with Crippen LogP contribution in [-0.2, 0) is 4.74 Å². The van der Waals surface area contributed by atoms with Crippen LogP contribution >= 0.6 is 23.2 Å². The average Bonchev–Trinajstić information content (AvgIpc) is 2.82. The minimum Gasteiger partial charge on any atom is -0.454 e. The second-order valence-corrected chi connectivity index (χ2v) is 8.35. The van der Waals surface area contributed by atoms with Crippen LogP contribution in [-0.4, -0.2) is 28.3 Å². The summed E-state index contributed by atoms with van der Waals surface area (Å²) >= 11 is 11.8. The lowest BCUT2D eigenvalue weighted by molar-refractivity contribution is -0.384. The van der Waals surface area contributed by atoms with Crippen molar-refractivity contribution in [1.82, 2.24) is 4.98 Å². The van der Waals surface area contributed by atoms with Crippen molar-refractivity contribution in [3.05, 3.63) is 104 Å². The van der Waals surface area contributed by atoms with Gasteiger partial charge in [0, 0.05) is 27.6 Å². The van der Waals surface area contributed by atoms with E-state index in [1.807, 2.05) is 19.1 Å². The molecule has 0 atom stereocenters. The highest BCUT2D eigenvalue weighted by atomic mass is 35.5. The molecule has 34 heavy (non-hydrogen) atoms. The molecule has 0 spiro atoms. The highest BCUT2D eigenvalue weighted by Crippen LogP contribution is 2.28. The fourth-order valence-corrected chi connectivity index (χ4v) is 3.71. The molecule has 0 radical (unpaired) electrons. The predicted molar refractivity (Wildman–Crippen MR) is 130 cm³/mol. The van der Waals surface area contributed by atoms with E-state index in [0.717, 1.165) is 17.2 Å². The van der Waals surface area contributed by atoms with E-state index in [-0.39, 0.29) is 16.1 Å². The number of nitro benzene ring substituents is 1. The van der Waals surface area contributed by atoms with Crippen LogP contribution in [0.15, 0.2) is 66.7 Å². The molecule has 7 nitrogen and oxygen atoms in total. The normalized spacial score (nSPS) is 10.8. The van der Waals surface area contributed by atoms with Crippen LogP contribution < -0.4 is 0 Å². The highest BCUT2D eigenvalue weighted by molar-refractivity contribution is 6.32. The average molecular weight is 495 g/mol. The van der Waals surface area contributed by atoms with Crippen molar-refractivity contribution in [1.29, 1.82) is 0 Å². The van der Waals surface area contributed by atoms with E-state index in [0.29, 0.717) is 21.6 Å². The minimum absolute atomic E-state index is 0.0150. The summed E-state index contributed by atoms with van der Waals surface area (Å²) < 4.78 is 5.29. The molecule has 4 rings (SSSR count). The van der Waals surface area contributed by atoms with Crippen molar-refractivity contribution >= 4 is 51.5 Å². The number of benzene rings is 3. The predicted octanol–water partition coefficient (Wildman–Crippen LogP) is 6.46. The van der Waals surface area contributed by atoms with Gasteiger partial charge in [0.05, 0.1) is 21.7 Å². The Morgan fingerprint density at radius 1 is 1.00 bits per heavy atom. The Bertz CT molecular complexity index is 1450. The van der Waals surface area contributed by atoms with E-state index in [2.05, 4.69) is 4.98 Å². The summed E-state index contributed by atoms with van der Waals surface area (Å²) in [4.78, 5) is 40.6. The second kappa shape index (κ2) is 9.59. The van der Waals surface area contributed by atoms with Crippen LogP contribution in [0.1, 0.15) is 26.3 Å². The molecular formula is C25H16Cl2N2O5. The summed E-state index contributed by atoms with van der Waals surface area (Å²) in [5.74, 6) is -1.31. The number of halogens is 2. The Labute approximate surface area is 204 Å². The van der Waals surface area contributed by atoms with Crippen LogP contribution in [0.2, 0.25) is 10.0 Å². The van der Waals surface area contributed by atoms with Crippen LogP contribution in [0.4, 0.5) is 5.69 Å². The van der Waals surface area contributed by atoms with Gasteiger partial charge in [-0.3, -0.25) is 14.9 Å². The molecule has 0 saturated carbocycles. The fraction of sp³-hybridized carbons (Fsp3) is 0.0800. The van der Waals surface area contributed by atoms with Crippen molar-refractivity contribution in [3.8, 4) is 11.3 Å². The van der Waals surface area contributed by atoms with E-state index in [1.165, 1.54) is 12.1 Å². The molecule has 0 unspecified atom stereocenters. The third-order valence-electron chi connectivity index (χ3n) is 5.12. The second-order valence-electron chi connectivity index (χ2n) is 7.51. The molecule has 9 heteroatoms. The van der Waals surface area contributed by atoms with Crippen molar-refractivity contribution < 1.29 is 19.2 Å². The summed E-state index contributed by atoms with van der Waals surface area (Å²) in [6, 6.07) is 17.8. The first-order valence-electron chi connectivity index (χ1n) is 10.0. The third kappa shape index (κ3) is 4.90. The third-order valence-corrected chi connectivity index (χ3v) is 5.69. The Kier molecular flexibility index (Phi) is 6.58. The molecule has 0 aliphatic carbocycles. The van der Waals surface area contributed by atoms with Crippen molar-refractivity contribution in [3.63, 3.8) is 0 Å². The maximum atomic E-state index is 13.0. The Morgan fingerprint density at radius 2 is 1.74 bits per heavy atom. The molecule has 0 aliphatic heterocycles. The molecule has 0 saturated heterocycles. The maximum absolute atomic E-state index is 13.0. The lowest BCUT2D eigenvalue weighted by atomic mass is 10.0. The number of ether oxygens (including phenoxy) is 1. The molecule has 0 N–H and O–H groups in total. The van der Waals surface area contributed by atoms with Gasteiger partial charge in [-0.1, -0.05) is 47.0 Å². The number of pyridine rings is 1. The molecule has 1 heterocycles. The molecule has 1 aromatic heterocycles. The summed E-state index contributed by atoms with van der Waals surface area (Å²) in [6.45, 7) is 1.29. The standard InChI is InChI=1S/C25H16Cl2N2O5/c1-14-2-9-21-18(10-14)19(12-22(28-21)15-3-6-17(26)7-4-15)25(31)34-13-24(30)16-5-8-20(27)23(11-16)29(32)33/h2-12H,13H2,1H3. The molecule has 0 bridgehead atoms. The van der Waals surface area contributed by atoms with Crippen LogP contribution in [0, 0.1) is 17.0 Å². The van der Waals surface area contributed by atoms with Gasteiger partial charge in [-0.25, -0.2) is 9.78 Å². The largest absolute Gasteiger partial charge is 0.454 e. The number of rotatable bonds is 6. The smallest absolute Gasteiger partial charge is 0.339 e. The zero-order valence-electron chi connectivity index (χ0n) is 17.7. The van der Waals surface area contributed by atoms with E-state index >= 15 is 0 Å². The summed E-state index contributed by atoms with van der Waals surface area (Å²) in [6.07, 6.45) is 0. The van der Waals surface area contributed by atoms with E-state index < -0.39 is 29.0 Å². The first kappa shape index (κ1) is 23.4. The van der Waals surface area contributed by atoms with Crippen LogP contribution in [0.25, 0.3) is 22.2 Å². The van der Waals surface area contributed by atoms with Gasteiger partial charge in [0.1, 0.15) is 5.02 Å². The van der Waals surface area contributed by atoms with Gasteiger partial charge in [0.15, 0.2) is 6.61 Å². The lowest BCUT2D eigenvalue weighted by Crippen LogP contribution is -2.15. The number of carbonyl (C=O) groups is 2. The van der Waals surface area contributed by atoms with Gasteiger partial charge in [0.2, 0.25) is 5.78 Å². The lowest BCUT2D eigenvalue weighted by Gasteiger charge is -2.11. The Morgan fingerprint density at radius 3 is 2.44 bits per heavy atom. The first-order valence-corrected chi connectivity index (χ1v) is 10.8. The molecule has 4 aromatic rings. The monoisotopic (exact) mass is 494 g/mol. The number of hydrogen-bond donors (Lipinski definition) is 0. The number of ketones is 1. The molecular weight excluding hydrogens is 479 g/mol. The van der Waals surface area contributed by atoms with Crippen molar-refractivity contribution in [2.75, 3.05) is 6.61 Å². The molecule has 170 valence electrons. The number of carbonyl (C=O) groups excluding carboxylic acids is 2. The molecule has 0 amide bonds. The van der Waals surface area contributed by atoms with Gasteiger partial charge < -0.3 is 4.74 Å². The van der Waals surface area contributed by atoms with Gasteiger partial charge in [-0.15, -0.1) is 0 Å². The number of fused-ring (bicyclic) bond motifs is 1. The van der Waals surface area contributed by atoms with E-state index in [9.17, 15) is 19.7 Å². The van der Waals surface area contributed by atoms with E-state index in [1.54, 1.807) is 36.4 Å². The fourth-order valence-electron chi connectivity index (χ4n) is 3.40. The number of nitro groups is 1.